The first-order valence-corrected chi connectivity index (χ1v) is 12.6. The SMILES string of the molecule is C[C@@H](OCc1ccccc1)[C@@H](NC(=O)OC(C)(C)C)C(=O)N[C@H]1CO[C@@H]2C[C@H](n3cc(F)c(=O)[nH]c3=O)O[C@H]12. The van der Waals surface area contributed by atoms with Crippen LogP contribution in [0.3, 0.4) is 0 Å². The van der Waals surface area contributed by atoms with Gasteiger partial charge in [-0.2, -0.15) is 4.39 Å². The molecule has 1 aromatic heterocycles. The summed E-state index contributed by atoms with van der Waals surface area (Å²) >= 11 is 0. The van der Waals surface area contributed by atoms with Gasteiger partial charge in [0.25, 0.3) is 5.56 Å². The van der Waals surface area contributed by atoms with Crippen LogP contribution in [0.1, 0.15) is 45.9 Å². The summed E-state index contributed by atoms with van der Waals surface area (Å²) in [5, 5.41) is 5.44. The van der Waals surface area contributed by atoms with Gasteiger partial charge in [-0.25, -0.2) is 9.59 Å². The molecule has 39 heavy (non-hydrogen) atoms. The van der Waals surface area contributed by atoms with Crippen molar-refractivity contribution in [3.63, 3.8) is 0 Å². The monoisotopic (exact) mass is 548 g/mol. The number of ether oxygens (including phenoxy) is 4. The number of carbonyl (C=O) groups is 2. The van der Waals surface area contributed by atoms with Crippen molar-refractivity contribution in [3.8, 4) is 0 Å². The molecule has 212 valence electrons. The average Bonchev–Trinajstić information content (AvgIpc) is 3.44. The number of halogens is 1. The van der Waals surface area contributed by atoms with E-state index in [2.05, 4.69) is 10.6 Å². The second kappa shape index (κ2) is 11.7. The second-order valence-electron chi connectivity index (χ2n) is 10.5. The van der Waals surface area contributed by atoms with Crippen LogP contribution in [0.25, 0.3) is 0 Å². The minimum atomic E-state index is -1.12. The molecule has 0 saturated carbocycles. The van der Waals surface area contributed by atoms with Crippen molar-refractivity contribution in [2.45, 2.75) is 82.9 Å². The number of nitrogens with zero attached hydrogens (tertiary/aromatic N) is 1. The number of hydrogen-bond donors (Lipinski definition) is 3. The number of aromatic amines is 1. The maximum atomic E-state index is 13.8. The van der Waals surface area contributed by atoms with Gasteiger partial charge in [0.1, 0.15) is 24.0 Å². The largest absolute Gasteiger partial charge is 0.444 e. The Morgan fingerprint density at radius 3 is 2.64 bits per heavy atom. The fourth-order valence-electron chi connectivity index (χ4n) is 4.48. The minimum Gasteiger partial charge on any atom is -0.444 e. The average molecular weight is 549 g/mol. The summed E-state index contributed by atoms with van der Waals surface area (Å²) in [6, 6.07) is 7.64. The van der Waals surface area contributed by atoms with E-state index in [9.17, 15) is 23.6 Å². The van der Waals surface area contributed by atoms with Gasteiger partial charge in [-0.3, -0.25) is 19.1 Å². The summed E-state index contributed by atoms with van der Waals surface area (Å²) < 4.78 is 37.7. The lowest BCUT2D eigenvalue weighted by atomic mass is 10.1. The minimum absolute atomic E-state index is 0.126. The van der Waals surface area contributed by atoms with Crippen molar-refractivity contribution < 1.29 is 32.9 Å². The highest BCUT2D eigenvalue weighted by Gasteiger charge is 2.48. The molecule has 6 atom stereocenters. The Bertz CT molecular complexity index is 1290. The van der Waals surface area contributed by atoms with Crippen molar-refractivity contribution in [3.05, 3.63) is 68.7 Å². The van der Waals surface area contributed by atoms with E-state index in [1.165, 1.54) is 0 Å². The number of H-pyrrole nitrogens is 1. The van der Waals surface area contributed by atoms with Crippen LogP contribution < -0.4 is 21.9 Å². The van der Waals surface area contributed by atoms with Crippen LogP contribution in [-0.4, -0.2) is 64.2 Å². The lowest BCUT2D eigenvalue weighted by Gasteiger charge is -2.28. The zero-order valence-electron chi connectivity index (χ0n) is 22.1. The van der Waals surface area contributed by atoms with Gasteiger partial charge >= 0.3 is 11.8 Å². The van der Waals surface area contributed by atoms with Gasteiger partial charge in [-0.1, -0.05) is 30.3 Å². The Labute approximate surface area is 223 Å². The van der Waals surface area contributed by atoms with Gasteiger partial charge in [0, 0.05) is 6.42 Å². The summed E-state index contributed by atoms with van der Waals surface area (Å²) in [4.78, 5) is 51.4. The summed E-state index contributed by atoms with van der Waals surface area (Å²) in [5.41, 5.74) is -1.83. The molecule has 12 nitrogen and oxygen atoms in total. The Kier molecular flexibility index (Phi) is 8.52. The number of benzene rings is 1. The molecule has 1 aromatic carbocycles. The number of nitrogens with one attached hydrogen (secondary N) is 3. The molecule has 13 heteroatoms. The van der Waals surface area contributed by atoms with E-state index in [0.717, 1.165) is 16.3 Å². The molecule has 2 amide bonds. The summed E-state index contributed by atoms with van der Waals surface area (Å²) in [7, 11) is 0. The first kappa shape index (κ1) is 28.5. The van der Waals surface area contributed by atoms with Crippen molar-refractivity contribution in [1.82, 2.24) is 20.2 Å². The topological polar surface area (TPSA) is 150 Å². The smallest absolute Gasteiger partial charge is 0.408 e. The first-order valence-electron chi connectivity index (χ1n) is 12.6. The van der Waals surface area contributed by atoms with E-state index < -0.39 is 71.3 Å². The van der Waals surface area contributed by atoms with E-state index >= 15 is 0 Å². The van der Waals surface area contributed by atoms with Gasteiger partial charge in [0.05, 0.1) is 37.7 Å². The molecule has 0 spiro atoms. The molecule has 0 radical (unpaired) electrons. The van der Waals surface area contributed by atoms with Crippen LogP contribution in [-0.2, 0) is 30.3 Å². The Morgan fingerprint density at radius 2 is 1.95 bits per heavy atom. The normalized spacial score (nSPS) is 24.0. The number of carbonyl (C=O) groups excluding carboxylic acids is 2. The summed E-state index contributed by atoms with van der Waals surface area (Å²) in [6.07, 6.45) is -2.56. The van der Waals surface area contributed by atoms with E-state index in [1.54, 1.807) is 27.7 Å². The number of rotatable bonds is 8. The van der Waals surface area contributed by atoms with Crippen molar-refractivity contribution in [1.29, 1.82) is 0 Å². The molecule has 3 heterocycles. The number of aromatic nitrogens is 2. The fraction of sp³-hybridized carbons (Fsp3) is 0.538. The van der Waals surface area contributed by atoms with Crippen LogP contribution in [0.15, 0.2) is 46.1 Å². The molecule has 0 unspecified atom stereocenters. The summed E-state index contributed by atoms with van der Waals surface area (Å²) in [6.45, 7) is 7.13. The quantitative estimate of drug-likeness (QED) is 0.448. The standard InChI is InChI=1S/C26H33FN4O8/c1-14(36-12-15-8-6-5-7-9-15)20(29-25(35)39-26(2,3)4)23(33)28-17-13-37-18-10-19(38-21(17)18)31-11-16(27)22(32)30-24(31)34/h5-9,11,14,17-21H,10,12-13H2,1-4H3,(H,28,33)(H,29,35)(H,30,32,34)/t14-,17+,18-,19-,20-,21-/m1/s1. The van der Waals surface area contributed by atoms with Gasteiger partial charge in [0.2, 0.25) is 11.7 Å². The van der Waals surface area contributed by atoms with Crippen LogP contribution in [0.5, 0.6) is 0 Å². The van der Waals surface area contributed by atoms with E-state index in [1.807, 2.05) is 35.3 Å². The van der Waals surface area contributed by atoms with Crippen LogP contribution in [0, 0.1) is 5.82 Å². The molecule has 2 aliphatic heterocycles. The molecule has 4 rings (SSSR count). The van der Waals surface area contributed by atoms with Gasteiger partial charge in [-0.05, 0) is 33.3 Å². The van der Waals surface area contributed by atoms with Crippen molar-refractivity contribution >= 4 is 12.0 Å². The van der Waals surface area contributed by atoms with Crippen molar-refractivity contribution in [2.75, 3.05) is 6.61 Å². The van der Waals surface area contributed by atoms with E-state index in [0.29, 0.717) is 0 Å². The predicted octanol–water partition coefficient (Wildman–Crippen LogP) is 1.35. The molecule has 2 saturated heterocycles. The second-order valence-corrected chi connectivity index (χ2v) is 10.5. The maximum absolute atomic E-state index is 13.8. The zero-order chi connectivity index (χ0) is 28.3. The maximum Gasteiger partial charge on any atom is 0.408 e. The molecular formula is C26H33FN4O8. The van der Waals surface area contributed by atoms with Crippen LogP contribution >= 0.6 is 0 Å². The Balaban J connectivity index is 1.44. The lowest BCUT2D eigenvalue weighted by Crippen LogP contribution is -2.57. The Hall–Kier alpha value is -3.55. The third-order valence-corrected chi connectivity index (χ3v) is 6.34. The number of alkyl carbamates (subject to hydrolysis) is 1. The fourth-order valence-corrected chi connectivity index (χ4v) is 4.48. The highest BCUT2D eigenvalue weighted by atomic mass is 19.1. The Morgan fingerprint density at radius 1 is 1.23 bits per heavy atom. The van der Waals surface area contributed by atoms with Gasteiger partial charge in [0.15, 0.2) is 0 Å². The third kappa shape index (κ3) is 7.11. The predicted molar refractivity (Wildman–Crippen MR) is 135 cm³/mol. The third-order valence-electron chi connectivity index (χ3n) is 6.34. The van der Waals surface area contributed by atoms with E-state index in [-0.39, 0.29) is 19.6 Å². The molecule has 0 aliphatic carbocycles. The molecule has 3 N–H and O–H groups in total. The summed E-state index contributed by atoms with van der Waals surface area (Å²) in [5.74, 6) is -1.67. The van der Waals surface area contributed by atoms with Crippen LogP contribution in [0.4, 0.5) is 9.18 Å². The molecule has 2 aliphatic rings. The molecule has 0 bridgehead atoms. The lowest BCUT2D eigenvalue weighted by molar-refractivity contribution is -0.129. The van der Waals surface area contributed by atoms with Crippen molar-refractivity contribution in [2.24, 2.45) is 0 Å². The van der Waals surface area contributed by atoms with Gasteiger partial charge in [-0.15, -0.1) is 0 Å². The highest BCUT2D eigenvalue weighted by molar-refractivity contribution is 5.86. The molecular weight excluding hydrogens is 515 g/mol. The number of hydrogen-bond acceptors (Lipinski definition) is 8. The van der Waals surface area contributed by atoms with E-state index in [4.69, 9.17) is 18.9 Å². The van der Waals surface area contributed by atoms with Gasteiger partial charge < -0.3 is 29.6 Å². The first-order chi connectivity index (χ1) is 18.4. The zero-order valence-corrected chi connectivity index (χ0v) is 22.1. The number of fused-ring (bicyclic) bond motifs is 1. The number of amides is 2. The molecule has 2 aromatic rings. The van der Waals surface area contributed by atoms with Crippen LogP contribution in [0.2, 0.25) is 0 Å². The molecule has 2 fully saturated rings. The highest BCUT2D eigenvalue weighted by Crippen LogP contribution is 2.35.